The van der Waals surface area contributed by atoms with Crippen molar-refractivity contribution >= 4 is 93.2 Å². The quantitative estimate of drug-likeness (QED) is 0.165. The minimum atomic E-state index is -0.145. The van der Waals surface area contributed by atoms with E-state index in [0.717, 1.165) is 39.8 Å². The summed E-state index contributed by atoms with van der Waals surface area (Å²) in [6.07, 6.45) is 0.949. The highest BCUT2D eigenvalue weighted by molar-refractivity contribution is 7.25. The average molecular weight is 917 g/mol. The van der Waals surface area contributed by atoms with Crippen LogP contribution in [-0.4, -0.2) is 11.4 Å². The lowest BCUT2D eigenvalue weighted by atomic mass is 9.44. The van der Waals surface area contributed by atoms with E-state index in [0.29, 0.717) is 0 Å². The van der Waals surface area contributed by atoms with E-state index in [1.807, 2.05) is 11.3 Å². The molecule has 0 spiro atoms. The third-order valence-corrected chi connectivity index (χ3v) is 17.0. The fourth-order valence-corrected chi connectivity index (χ4v) is 13.6. The lowest BCUT2D eigenvalue weighted by molar-refractivity contribution is 0.590. The molecule has 15 rings (SSSR count). The highest BCUT2D eigenvalue weighted by Gasteiger charge is 2.45. The van der Waals surface area contributed by atoms with Crippen LogP contribution >= 0.6 is 11.3 Å². The second kappa shape index (κ2) is 14.0. The molecule has 0 bridgehead atoms. The first-order valence-electron chi connectivity index (χ1n) is 24.8. The molecule has 5 heterocycles. The molecule has 0 radical (unpaired) electrons. The summed E-state index contributed by atoms with van der Waals surface area (Å²) in [5.74, 6) is 1.79. The lowest BCUT2D eigenvalue weighted by Gasteiger charge is -2.42. The number of hydrogen-bond donors (Lipinski definition) is 0. The van der Waals surface area contributed by atoms with E-state index in [4.69, 9.17) is 4.42 Å². The van der Waals surface area contributed by atoms with Crippen molar-refractivity contribution in [3.63, 3.8) is 0 Å². The molecule has 70 heavy (non-hydrogen) atoms. The van der Waals surface area contributed by atoms with E-state index in [-0.39, 0.29) is 17.7 Å². The molecule has 3 aromatic heterocycles. The van der Waals surface area contributed by atoms with E-state index >= 15 is 0 Å². The normalized spacial score (nSPS) is 13.7. The number of nitrogens with zero attached hydrogens (tertiary/aromatic N) is 2. The smallest absolute Gasteiger partial charge is 0.333 e. The number of rotatable bonds is 3. The zero-order chi connectivity index (χ0) is 46.9. The molecule has 12 aromatic rings. The van der Waals surface area contributed by atoms with Gasteiger partial charge in [0.15, 0.2) is 0 Å². The molecule has 0 amide bonds. The maximum atomic E-state index is 7.18. The first-order valence-corrected chi connectivity index (χ1v) is 25.6. The number of fused-ring (bicyclic) bond motifs is 15. The van der Waals surface area contributed by atoms with Gasteiger partial charge in [-0.3, -0.25) is 0 Å². The van der Waals surface area contributed by atoms with Crippen LogP contribution < -0.4 is 15.7 Å². The van der Waals surface area contributed by atoms with E-state index in [2.05, 4.69) is 227 Å². The van der Waals surface area contributed by atoms with Crippen LogP contribution in [0.2, 0.25) is 0 Å². The van der Waals surface area contributed by atoms with Crippen molar-refractivity contribution in [2.75, 3.05) is 4.81 Å². The number of aromatic nitrogens is 1. The standard InChI is InChI=1S/C65H49BN2OS/c1-64(2,3)41-21-24-43(25-22-41)68-56-36-59-51(45-26-23-42(65(4,5)6)31-58(45)70-59)32-50(56)46-27-28-47-49-30-40-29-39-19-13-14-20-44(39)48(40)34-55(49)67-57-35-53-52(33-54(57)66(68)60(46)61(47)67)62(37-15-9-7-10-16-37)69-63(53)38-17-11-8-12-18-38/h7-28,30-36H,29H2,1-6H3. The number of anilines is 2. The summed E-state index contributed by atoms with van der Waals surface area (Å²) in [4.78, 5) is 2.69. The van der Waals surface area contributed by atoms with Crippen molar-refractivity contribution in [2.45, 2.75) is 58.8 Å². The van der Waals surface area contributed by atoms with Crippen LogP contribution in [0.1, 0.15) is 63.8 Å². The van der Waals surface area contributed by atoms with Crippen molar-refractivity contribution in [1.29, 1.82) is 0 Å². The Labute approximate surface area is 412 Å². The molecule has 1 aliphatic carbocycles. The van der Waals surface area contributed by atoms with Gasteiger partial charge in [-0.2, -0.15) is 0 Å². The van der Waals surface area contributed by atoms with E-state index in [1.165, 1.54) is 114 Å². The molecule has 0 saturated carbocycles. The van der Waals surface area contributed by atoms with E-state index in [9.17, 15) is 0 Å². The lowest BCUT2D eigenvalue weighted by Crippen LogP contribution is -2.60. The molecule has 0 fully saturated rings. The van der Waals surface area contributed by atoms with Crippen LogP contribution in [0.4, 0.5) is 11.4 Å². The van der Waals surface area contributed by atoms with Crippen LogP contribution in [0.15, 0.2) is 180 Å². The van der Waals surface area contributed by atoms with Gasteiger partial charge in [0.2, 0.25) is 0 Å². The Morgan fingerprint density at radius 1 is 0.471 bits per heavy atom. The van der Waals surface area contributed by atoms with Gasteiger partial charge in [-0.1, -0.05) is 169 Å². The Kier molecular flexibility index (Phi) is 8.07. The van der Waals surface area contributed by atoms with Crippen molar-refractivity contribution in [2.24, 2.45) is 0 Å². The minimum absolute atomic E-state index is 0.0165. The number of thiophene rings is 1. The summed E-state index contributed by atoms with van der Waals surface area (Å²) in [5, 5.41) is 7.48. The van der Waals surface area contributed by atoms with Gasteiger partial charge in [0.25, 0.3) is 0 Å². The molecule has 9 aromatic carbocycles. The summed E-state index contributed by atoms with van der Waals surface area (Å²) < 4.78 is 12.5. The molecule has 334 valence electrons. The molecule has 5 heteroatoms. The summed E-state index contributed by atoms with van der Waals surface area (Å²) in [5.41, 5.74) is 21.7. The molecule has 3 aliphatic rings. The van der Waals surface area contributed by atoms with Crippen molar-refractivity contribution in [1.82, 2.24) is 4.57 Å². The van der Waals surface area contributed by atoms with Crippen LogP contribution in [-0.2, 0) is 17.3 Å². The third kappa shape index (κ3) is 5.58. The van der Waals surface area contributed by atoms with Gasteiger partial charge < -0.3 is 13.8 Å². The summed E-state index contributed by atoms with van der Waals surface area (Å²) in [7, 11) is 0. The van der Waals surface area contributed by atoms with Gasteiger partial charge in [0, 0.05) is 75.5 Å². The Bertz CT molecular complexity index is 4220. The Morgan fingerprint density at radius 3 is 1.86 bits per heavy atom. The fourth-order valence-electron chi connectivity index (χ4n) is 12.4. The predicted molar refractivity (Wildman–Crippen MR) is 299 cm³/mol. The average Bonchev–Trinajstić information content (AvgIpc) is 4.12. The zero-order valence-electron chi connectivity index (χ0n) is 40.2. The molecular weight excluding hydrogens is 868 g/mol. The Hall–Kier alpha value is -7.60. The summed E-state index contributed by atoms with van der Waals surface area (Å²) >= 11 is 1.93. The van der Waals surface area contributed by atoms with Crippen LogP contribution in [0.3, 0.4) is 0 Å². The Balaban J connectivity index is 1.10. The van der Waals surface area contributed by atoms with Gasteiger partial charge in [0.1, 0.15) is 11.5 Å². The number of hydrogen-bond acceptors (Lipinski definition) is 3. The molecule has 3 nitrogen and oxygen atoms in total. The maximum absolute atomic E-state index is 7.18. The molecule has 0 unspecified atom stereocenters. The van der Waals surface area contributed by atoms with Crippen LogP contribution in [0.25, 0.3) is 103 Å². The van der Waals surface area contributed by atoms with Gasteiger partial charge >= 0.3 is 6.85 Å². The van der Waals surface area contributed by atoms with Gasteiger partial charge in [0.05, 0.1) is 11.0 Å². The van der Waals surface area contributed by atoms with Crippen molar-refractivity contribution in [3.05, 3.63) is 198 Å². The Morgan fingerprint density at radius 2 is 1.13 bits per heavy atom. The molecule has 0 atom stereocenters. The minimum Gasteiger partial charge on any atom is -0.455 e. The molecular formula is C65H49BN2OS. The molecule has 2 aliphatic heterocycles. The molecule has 0 N–H and O–H groups in total. The molecule has 0 saturated heterocycles. The zero-order valence-corrected chi connectivity index (χ0v) is 41.1. The van der Waals surface area contributed by atoms with Gasteiger partial charge in [-0.05, 0) is 116 Å². The monoisotopic (exact) mass is 916 g/mol. The van der Waals surface area contributed by atoms with Gasteiger partial charge in [-0.25, -0.2) is 0 Å². The fraction of sp³-hybridized carbons (Fsp3) is 0.138. The maximum Gasteiger partial charge on any atom is 0.333 e. The first-order chi connectivity index (χ1) is 34.0. The SMILES string of the molecule is CC(C)(C)c1ccc(N2B3c4cc5c(-c6ccccc6)oc(-c6ccccc6)c5cc4-n4c5cc6c(cc5c5ccc(c3c54)-c3cc4c(cc32)sc2cc(C(C)(C)C)ccc24)Cc2ccccc2-6)cc1. The van der Waals surface area contributed by atoms with E-state index in [1.54, 1.807) is 0 Å². The van der Waals surface area contributed by atoms with Crippen LogP contribution in [0.5, 0.6) is 0 Å². The number of furan rings is 1. The highest BCUT2D eigenvalue weighted by Crippen LogP contribution is 2.51. The first kappa shape index (κ1) is 40.3. The second-order valence-corrected chi connectivity index (χ2v) is 23.1. The largest absolute Gasteiger partial charge is 0.455 e. The van der Waals surface area contributed by atoms with Crippen molar-refractivity contribution in [3.8, 4) is 50.6 Å². The summed E-state index contributed by atoms with van der Waals surface area (Å²) in [6.45, 7) is 13.7. The summed E-state index contributed by atoms with van der Waals surface area (Å²) in [6, 6.07) is 66.9. The van der Waals surface area contributed by atoms with Crippen LogP contribution in [0, 0.1) is 0 Å². The van der Waals surface area contributed by atoms with Gasteiger partial charge in [-0.15, -0.1) is 11.3 Å². The topological polar surface area (TPSA) is 21.3 Å². The van der Waals surface area contributed by atoms with E-state index < -0.39 is 0 Å². The second-order valence-electron chi connectivity index (χ2n) is 22.1. The van der Waals surface area contributed by atoms with Crippen molar-refractivity contribution < 1.29 is 4.42 Å². The third-order valence-electron chi connectivity index (χ3n) is 15.9. The highest BCUT2D eigenvalue weighted by atomic mass is 32.1. The number of benzene rings is 9. The predicted octanol–water partition coefficient (Wildman–Crippen LogP) is 16.6.